The Morgan fingerprint density at radius 2 is 1.81 bits per heavy atom. The first-order chi connectivity index (χ1) is 10.2. The molecule has 3 heteroatoms. The van der Waals surface area contributed by atoms with E-state index in [0.29, 0.717) is 0 Å². The van der Waals surface area contributed by atoms with Crippen molar-refractivity contribution in [1.29, 1.82) is 0 Å². The van der Waals surface area contributed by atoms with Gasteiger partial charge in [0.2, 0.25) is 0 Å². The van der Waals surface area contributed by atoms with Crippen LogP contribution in [0.5, 0.6) is 0 Å². The highest BCUT2D eigenvalue weighted by molar-refractivity contribution is 5.26. The highest BCUT2D eigenvalue weighted by atomic mass is 15.2. The summed E-state index contributed by atoms with van der Waals surface area (Å²) in [4.78, 5) is 4.95. The van der Waals surface area contributed by atoms with Crippen molar-refractivity contribution in [3.8, 4) is 0 Å². The van der Waals surface area contributed by atoms with Crippen LogP contribution in [0.25, 0.3) is 0 Å². The van der Waals surface area contributed by atoms with Crippen molar-refractivity contribution in [3.63, 3.8) is 0 Å². The van der Waals surface area contributed by atoms with Gasteiger partial charge in [0.05, 0.1) is 0 Å². The van der Waals surface area contributed by atoms with Crippen LogP contribution in [0.1, 0.15) is 36.3 Å². The molecule has 0 bridgehead atoms. The van der Waals surface area contributed by atoms with Crippen LogP contribution in [0, 0.1) is 0 Å². The highest BCUT2D eigenvalue weighted by Gasteiger charge is 2.23. The lowest BCUT2D eigenvalue weighted by Crippen LogP contribution is -2.31. The van der Waals surface area contributed by atoms with Gasteiger partial charge >= 0.3 is 0 Å². The van der Waals surface area contributed by atoms with Crippen molar-refractivity contribution in [3.05, 3.63) is 35.4 Å². The number of likely N-dealkylation sites (N-methyl/N-ethyl adjacent to an activating group) is 1. The molecule has 0 amide bonds. The molecule has 0 saturated carbocycles. The molecule has 1 aromatic rings. The monoisotopic (exact) mass is 287 g/mol. The summed E-state index contributed by atoms with van der Waals surface area (Å²) in [6.07, 6.45) is 3.88. The Morgan fingerprint density at radius 1 is 1.10 bits per heavy atom. The number of piperidine rings is 1. The van der Waals surface area contributed by atoms with E-state index in [1.165, 1.54) is 56.6 Å². The zero-order chi connectivity index (χ0) is 14.7. The molecule has 2 aliphatic rings. The largest absolute Gasteiger partial charge is 0.317 e. The van der Waals surface area contributed by atoms with Crippen molar-refractivity contribution < 1.29 is 0 Å². The molecule has 2 aliphatic heterocycles. The van der Waals surface area contributed by atoms with Gasteiger partial charge in [0.15, 0.2) is 0 Å². The molecule has 2 saturated heterocycles. The number of nitrogens with one attached hydrogen (secondary N) is 1. The maximum absolute atomic E-state index is 3.45. The maximum Gasteiger partial charge on any atom is 0.0234 e. The van der Waals surface area contributed by atoms with Crippen LogP contribution in [0.4, 0.5) is 0 Å². The quantitative estimate of drug-likeness (QED) is 0.916. The summed E-state index contributed by atoms with van der Waals surface area (Å²) in [5.41, 5.74) is 3.00. The zero-order valence-electron chi connectivity index (χ0n) is 13.5. The molecule has 2 heterocycles. The van der Waals surface area contributed by atoms with Crippen molar-refractivity contribution in [2.75, 3.05) is 40.3 Å². The fourth-order valence-electron chi connectivity index (χ4n) is 3.69. The lowest BCUT2D eigenvalue weighted by Gasteiger charge is -2.23. The average Bonchev–Trinajstić information content (AvgIpc) is 2.98. The van der Waals surface area contributed by atoms with Gasteiger partial charge in [-0.05, 0) is 63.5 Å². The molecule has 3 nitrogen and oxygen atoms in total. The second-order valence-electron chi connectivity index (χ2n) is 6.91. The van der Waals surface area contributed by atoms with Gasteiger partial charge in [-0.25, -0.2) is 0 Å². The predicted octanol–water partition coefficient (Wildman–Crippen LogP) is 2.29. The number of nitrogens with zero attached hydrogens (tertiary/aromatic N) is 2. The summed E-state index contributed by atoms with van der Waals surface area (Å²) in [5, 5.41) is 3.45. The van der Waals surface area contributed by atoms with Crippen molar-refractivity contribution in [1.82, 2.24) is 15.1 Å². The minimum absolute atomic E-state index is 0.735. The third-order valence-electron chi connectivity index (χ3n) is 5.17. The summed E-state index contributed by atoms with van der Waals surface area (Å²) >= 11 is 0. The summed E-state index contributed by atoms with van der Waals surface area (Å²) in [5.74, 6) is 0.769. The molecule has 116 valence electrons. The molecular weight excluding hydrogens is 258 g/mol. The fourth-order valence-corrected chi connectivity index (χ4v) is 3.69. The van der Waals surface area contributed by atoms with Crippen molar-refractivity contribution in [2.45, 2.75) is 37.8 Å². The van der Waals surface area contributed by atoms with Crippen LogP contribution in [0.2, 0.25) is 0 Å². The standard InChI is InChI=1S/C18H29N3/c1-20(2)18-9-12-21(14-18)13-15-3-5-16(6-4-15)17-7-10-19-11-8-17/h3-6,17-19H,7-14H2,1-2H3. The molecular formula is C18H29N3. The molecule has 0 aliphatic carbocycles. The van der Waals surface area contributed by atoms with Crippen LogP contribution in [0.3, 0.4) is 0 Å². The molecule has 21 heavy (non-hydrogen) atoms. The second kappa shape index (κ2) is 6.91. The lowest BCUT2D eigenvalue weighted by molar-refractivity contribution is 0.264. The predicted molar refractivity (Wildman–Crippen MR) is 88.7 cm³/mol. The lowest BCUT2D eigenvalue weighted by atomic mass is 9.90. The van der Waals surface area contributed by atoms with Crippen LogP contribution in [0.15, 0.2) is 24.3 Å². The molecule has 2 fully saturated rings. The van der Waals surface area contributed by atoms with E-state index in [1.54, 1.807) is 0 Å². The van der Waals surface area contributed by atoms with Gasteiger partial charge in [0.1, 0.15) is 0 Å². The van der Waals surface area contributed by atoms with Crippen LogP contribution in [-0.2, 0) is 6.54 Å². The van der Waals surface area contributed by atoms with Crippen LogP contribution in [-0.4, -0.2) is 56.1 Å². The third kappa shape index (κ3) is 3.85. The Morgan fingerprint density at radius 3 is 2.43 bits per heavy atom. The molecule has 0 spiro atoms. The van der Waals surface area contributed by atoms with E-state index >= 15 is 0 Å². The first-order valence-corrected chi connectivity index (χ1v) is 8.41. The molecule has 3 rings (SSSR count). The summed E-state index contributed by atoms with van der Waals surface area (Å²) in [7, 11) is 4.39. The molecule has 0 aromatic heterocycles. The first kappa shape index (κ1) is 15.0. The van der Waals surface area contributed by atoms with Crippen molar-refractivity contribution >= 4 is 0 Å². The summed E-state index contributed by atoms with van der Waals surface area (Å²) < 4.78 is 0. The molecule has 1 atom stereocenters. The minimum atomic E-state index is 0.735. The van der Waals surface area contributed by atoms with Gasteiger partial charge < -0.3 is 10.2 Å². The normalized spacial score (nSPS) is 24.8. The highest BCUT2D eigenvalue weighted by Crippen LogP contribution is 2.25. The summed E-state index contributed by atoms with van der Waals surface area (Å²) in [6.45, 7) is 5.90. The van der Waals surface area contributed by atoms with Gasteiger partial charge in [-0.15, -0.1) is 0 Å². The van der Waals surface area contributed by atoms with E-state index in [2.05, 4.69) is 53.5 Å². The molecule has 1 aromatic carbocycles. The number of likely N-dealkylation sites (tertiary alicyclic amines) is 1. The Hall–Kier alpha value is -0.900. The van der Waals surface area contributed by atoms with E-state index in [9.17, 15) is 0 Å². The second-order valence-corrected chi connectivity index (χ2v) is 6.91. The SMILES string of the molecule is CN(C)C1CCN(Cc2ccc(C3CCNCC3)cc2)C1. The minimum Gasteiger partial charge on any atom is -0.317 e. The number of benzene rings is 1. The molecule has 0 radical (unpaired) electrons. The topological polar surface area (TPSA) is 18.5 Å². The van der Waals surface area contributed by atoms with Crippen LogP contribution >= 0.6 is 0 Å². The van der Waals surface area contributed by atoms with Gasteiger partial charge in [-0.1, -0.05) is 24.3 Å². The van der Waals surface area contributed by atoms with Crippen molar-refractivity contribution in [2.24, 2.45) is 0 Å². The molecule has 1 N–H and O–H groups in total. The van der Waals surface area contributed by atoms with E-state index in [4.69, 9.17) is 0 Å². The number of hydrogen-bond acceptors (Lipinski definition) is 3. The smallest absolute Gasteiger partial charge is 0.0234 e. The van der Waals surface area contributed by atoms with Gasteiger partial charge in [0.25, 0.3) is 0 Å². The maximum atomic E-state index is 3.45. The van der Waals surface area contributed by atoms with Crippen LogP contribution < -0.4 is 5.32 Å². The Balaban J connectivity index is 1.55. The average molecular weight is 287 g/mol. The Labute approximate surface area is 129 Å². The van der Waals surface area contributed by atoms with E-state index in [-0.39, 0.29) is 0 Å². The van der Waals surface area contributed by atoms with Gasteiger partial charge in [-0.3, -0.25) is 4.90 Å². The zero-order valence-corrected chi connectivity index (χ0v) is 13.5. The Bertz CT molecular complexity index is 434. The van der Waals surface area contributed by atoms with E-state index < -0.39 is 0 Å². The third-order valence-corrected chi connectivity index (χ3v) is 5.17. The fraction of sp³-hybridized carbons (Fsp3) is 0.667. The summed E-state index contributed by atoms with van der Waals surface area (Å²) in [6, 6.07) is 10.2. The molecule has 1 unspecified atom stereocenters. The number of rotatable bonds is 4. The van der Waals surface area contributed by atoms with E-state index in [0.717, 1.165) is 18.5 Å². The Kier molecular flexibility index (Phi) is 4.94. The van der Waals surface area contributed by atoms with E-state index in [1.807, 2.05) is 0 Å². The van der Waals surface area contributed by atoms with Gasteiger partial charge in [-0.2, -0.15) is 0 Å². The number of hydrogen-bond donors (Lipinski definition) is 1. The van der Waals surface area contributed by atoms with Gasteiger partial charge in [0, 0.05) is 25.7 Å². The first-order valence-electron chi connectivity index (χ1n) is 8.41.